The summed E-state index contributed by atoms with van der Waals surface area (Å²) in [6.07, 6.45) is 5.11. The maximum absolute atomic E-state index is 12.7. The van der Waals surface area contributed by atoms with Crippen LogP contribution in [-0.2, 0) is 11.2 Å². The molecule has 1 atom stereocenters. The molecule has 2 aromatic heterocycles. The number of carbonyl (C=O) groups excluding carboxylic acids is 2. The van der Waals surface area contributed by atoms with Crippen LogP contribution in [0.25, 0.3) is 10.9 Å². The third kappa shape index (κ3) is 5.38. The molecule has 172 valence electrons. The van der Waals surface area contributed by atoms with E-state index in [1.807, 2.05) is 30.2 Å². The summed E-state index contributed by atoms with van der Waals surface area (Å²) in [7, 11) is 3.52. The number of aromatic nitrogens is 2. The first-order valence-electron chi connectivity index (χ1n) is 11.4. The van der Waals surface area contributed by atoms with Crippen molar-refractivity contribution in [2.24, 2.45) is 0 Å². The van der Waals surface area contributed by atoms with Crippen LogP contribution in [0, 0.1) is 6.92 Å². The van der Waals surface area contributed by atoms with Gasteiger partial charge in [-0.3, -0.25) is 9.59 Å². The van der Waals surface area contributed by atoms with Crippen LogP contribution in [0.2, 0.25) is 0 Å². The molecule has 1 N–H and O–H groups in total. The highest BCUT2D eigenvalue weighted by Gasteiger charge is 2.25. The van der Waals surface area contributed by atoms with Gasteiger partial charge in [-0.1, -0.05) is 19.9 Å². The first kappa shape index (κ1) is 24.0. The predicted octanol–water partition coefficient (Wildman–Crippen LogP) is 5.00. The Morgan fingerprint density at radius 2 is 2.03 bits per heavy atom. The quantitative estimate of drug-likeness (QED) is 0.590. The number of fused-ring (bicyclic) bond motifs is 1. The average molecular weight is 455 g/mol. The highest BCUT2D eigenvalue weighted by molar-refractivity contribution is 7.09. The molecule has 1 unspecified atom stereocenters. The number of rotatable bonds is 5. The third-order valence-electron chi connectivity index (χ3n) is 5.89. The number of nitrogens with zero attached hydrogens (tertiary/aromatic N) is 3. The van der Waals surface area contributed by atoms with Crippen LogP contribution in [0.5, 0.6) is 0 Å². The molecule has 2 amide bonds. The summed E-state index contributed by atoms with van der Waals surface area (Å²) in [5.74, 6) is 0.509. The van der Waals surface area contributed by atoms with Crippen LogP contribution >= 0.6 is 11.3 Å². The summed E-state index contributed by atoms with van der Waals surface area (Å²) in [5, 5.41) is 4.05. The monoisotopic (exact) mass is 454 g/mol. The van der Waals surface area contributed by atoms with E-state index in [0.29, 0.717) is 24.5 Å². The lowest BCUT2D eigenvalue weighted by Gasteiger charge is -2.33. The molecule has 1 saturated heterocycles. The molecule has 0 spiro atoms. The van der Waals surface area contributed by atoms with Crippen molar-refractivity contribution < 1.29 is 9.59 Å². The molecule has 1 aromatic carbocycles. The van der Waals surface area contributed by atoms with Crippen molar-refractivity contribution in [3.8, 4) is 0 Å². The molecule has 0 radical (unpaired) electrons. The summed E-state index contributed by atoms with van der Waals surface area (Å²) >= 11 is 1.61. The number of H-pyrrole nitrogens is 1. The van der Waals surface area contributed by atoms with Crippen LogP contribution in [0.15, 0.2) is 29.8 Å². The minimum absolute atomic E-state index is 0.0261. The van der Waals surface area contributed by atoms with Gasteiger partial charge in [0, 0.05) is 68.4 Å². The van der Waals surface area contributed by atoms with Crippen molar-refractivity contribution >= 4 is 34.1 Å². The predicted molar refractivity (Wildman–Crippen MR) is 131 cm³/mol. The molecule has 1 fully saturated rings. The first-order chi connectivity index (χ1) is 15.4. The molecule has 3 heterocycles. The van der Waals surface area contributed by atoms with E-state index in [4.69, 9.17) is 0 Å². The summed E-state index contributed by atoms with van der Waals surface area (Å²) in [6, 6.07) is 6.31. The topological polar surface area (TPSA) is 69.3 Å². The second kappa shape index (κ2) is 10.8. The number of hydrogen-bond donors (Lipinski definition) is 1. The molecule has 3 aromatic rings. The zero-order valence-corrected chi connectivity index (χ0v) is 20.6. The number of aryl methyl sites for hydroxylation is 2. The number of piperidine rings is 1. The number of likely N-dealkylation sites (tertiary alicyclic amines) is 1. The van der Waals surface area contributed by atoms with E-state index in [1.54, 1.807) is 36.5 Å². The fourth-order valence-electron chi connectivity index (χ4n) is 4.26. The lowest BCUT2D eigenvalue weighted by Crippen LogP contribution is -2.39. The molecular weight excluding hydrogens is 420 g/mol. The highest BCUT2D eigenvalue weighted by atomic mass is 32.1. The van der Waals surface area contributed by atoms with E-state index in [9.17, 15) is 9.59 Å². The SMILES string of the molecule is CC.Cc1cc(C2CCCN(C(=O)CCc3nccs3)C2)cc2[nH]c(C(=O)N(C)C)cc12. The van der Waals surface area contributed by atoms with Crippen LogP contribution in [0.4, 0.5) is 0 Å². The third-order valence-corrected chi connectivity index (χ3v) is 6.72. The Morgan fingerprint density at radius 3 is 2.72 bits per heavy atom. The van der Waals surface area contributed by atoms with Gasteiger partial charge in [0.2, 0.25) is 5.91 Å². The van der Waals surface area contributed by atoms with Gasteiger partial charge in [0.05, 0.1) is 5.01 Å². The number of nitrogens with one attached hydrogen (secondary N) is 1. The van der Waals surface area contributed by atoms with Gasteiger partial charge in [-0.05, 0) is 43.0 Å². The number of amides is 2. The minimum Gasteiger partial charge on any atom is -0.351 e. The second-order valence-electron chi connectivity index (χ2n) is 8.29. The molecule has 0 saturated carbocycles. The van der Waals surface area contributed by atoms with Crippen molar-refractivity contribution in [2.75, 3.05) is 27.2 Å². The number of aromatic amines is 1. The summed E-state index contributed by atoms with van der Waals surface area (Å²) < 4.78 is 0. The van der Waals surface area contributed by atoms with E-state index < -0.39 is 0 Å². The Balaban J connectivity index is 0.00000141. The van der Waals surface area contributed by atoms with Gasteiger partial charge in [-0.2, -0.15) is 0 Å². The van der Waals surface area contributed by atoms with Crippen LogP contribution in [-0.4, -0.2) is 58.8 Å². The van der Waals surface area contributed by atoms with Crippen LogP contribution < -0.4 is 0 Å². The van der Waals surface area contributed by atoms with Crippen molar-refractivity contribution in [1.82, 2.24) is 19.8 Å². The van der Waals surface area contributed by atoms with Gasteiger partial charge in [-0.15, -0.1) is 11.3 Å². The molecule has 4 rings (SSSR count). The summed E-state index contributed by atoms with van der Waals surface area (Å²) in [6.45, 7) is 7.67. The van der Waals surface area contributed by atoms with Crippen molar-refractivity contribution in [1.29, 1.82) is 0 Å². The molecule has 1 aliphatic rings. The molecule has 0 aliphatic carbocycles. The normalized spacial score (nSPS) is 15.9. The fourth-order valence-corrected chi connectivity index (χ4v) is 4.88. The molecular formula is C25H34N4O2S. The van der Waals surface area contributed by atoms with Gasteiger partial charge >= 0.3 is 0 Å². The zero-order chi connectivity index (χ0) is 23.3. The number of thiazole rings is 1. The first-order valence-corrected chi connectivity index (χ1v) is 12.3. The van der Waals surface area contributed by atoms with Crippen molar-refractivity contribution in [2.45, 2.75) is 52.4 Å². The fraction of sp³-hybridized carbons (Fsp3) is 0.480. The number of benzene rings is 1. The van der Waals surface area contributed by atoms with Crippen molar-refractivity contribution in [3.63, 3.8) is 0 Å². The Labute approximate surface area is 194 Å². The van der Waals surface area contributed by atoms with Gasteiger partial charge in [0.1, 0.15) is 5.69 Å². The maximum Gasteiger partial charge on any atom is 0.269 e. The molecule has 32 heavy (non-hydrogen) atoms. The number of carbonyl (C=O) groups is 2. The largest absolute Gasteiger partial charge is 0.351 e. The van der Waals surface area contributed by atoms with E-state index >= 15 is 0 Å². The standard InChI is InChI=1S/C23H28N4O2S.C2H6/c1-15-11-17(12-19-18(15)13-20(25-19)23(29)26(2)3)16-5-4-9-27(14-16)22(28)7-6-21-24-8-10-30-21;1-2/h8,10-13,16,25H,4-7,9,14H2,1-3H3;1-2H3. The highest BCUT2D eigenvalue weighted by Crippen LogP contribution is 2.31. The Kier molecular flexibility index (Phi) is 8.07. The minimum atomic E-state index is -0.0261. The van der Waals surface area contributed by atoms with Gasteiger partial charge in [0.25, 0.3) is 5.91 Å². The zero-order valence-electron chi connectivity index (χ0n) is 19.8. The molecule has 0 bridgehead atoms. The number of hydrogen-bond acceptors (Lipinski definition) is 4. The van der Waals surface area contributed by atoms with Crippen LogP contribution in [0.3, 0.4) is 0 Å². The maximum atomic E-state index is 12.7. The Bertz CT molecular complexity index is 1060. The van der Waals surface area contributed by atoms with Gasteiger partial charge < -0.3 is 14.8 Å². The molecule has 7 heteroatoms. The Hall–Kier alpha value is -2.67. The van der Waals surface area contributed by atoms with Crippen molar-refractivity contribution in [3.05, 3.63) is 51.6 Å². The van der Waals surface area contributed by atoms with Gasteiger partial charge in [0.15, 0.2) is 0 Å². The van der Waals surface area contributed by atoms with E-state index in [2.05, 4.69) is 29.0 Å². The summed E-state index contributed by atoms with van der Waals surface area (Å²) in [5.41, 5.74) is 3.99. The van der Waals surface area contributed by atoms with E-state index in [1.165, 1.54) is 5.56 Å². The molecule has 1 aliphatic heterocycles. The van der Waals surface area contributed by atoms with Crippen LogP contribution in [0.1, 0.15) is 65.7 Å². The summed E-state index contributed by atoms with van der Waals surface area (Å²) in [4.78, 5) is 36.2. The van der Waals surface area contributed by atoms with E-state index in [-0.39, 0.29) is 11.8 Å². The van der Waals surface area contributed by atoms with Gasteiger partial charge in [-0.25, -0.2) is 4.98 Å². The molecule has 6 nitrogen and oxygen atoms in total. The lowest BCUT2D eigenvalue weighted by molar-refractivity contribution is -0.132. The smallest absolute Gasteiger partial charge is 0.269 e. The second-order valence-corrected chi connectivity index (χ2v) is 9.27. The lowest BCUT2D eigenvalue weighted by atomic mass is 9.89. The Morgan fingerprint density at radius 1 is 1.25 bits per heavy atom. The average Bonchev–Trinajstić information content (AvgIpc) is 3.48. The van der Waals surface area contributed by atoms with E-state index in [0.717, 1.165) is 47.4 Å².